The van der Waals surface area contributed by atoms with E-state index < -0.39 is 4.33 Å². The number of nitrogens with one attached hydrogen (secondary N) is 2. The van der Waals surface area contributed by atoms with E-state index in [-0.39, 0.29) is 11.8 Å². The summed E-state index contributed by atoms with van der Waals surface area (Å²) in [4.78, 5) is 11.8. The molecule has 1 aliphatic carbocycles. The molecular weight excluding hydrogens is 261 g/mol. The van der Waals surface area contributed by atoms with Gasteiger partial charge in [0, 0.05) is 5.39 Å². The molecule has 3 rings (SSSR count). The van der Waals surface area contributed by atoms with Gasteiger partial charge in [-0.1, -0.05) is 12.1 Å². The standard InChI is InChI=1S/C11H9Cl2N3O/c12-11(13)4-7(11)10(17)15-8-3-1-2-6-5-14-16-9(6)8/h1-3,5,7H,4H2,(H,14,16)(H,15,17). The molecule has 1 aliphatic rings. The topological polar surface area (TPSA) is 57.8 Å². The largest absolute Gasteiger partial charge is 0.324 e. The van der Waals surface area contributed by atoms with E-state index in [1.807, 2.05) is 18.2 Å². The van der Waals surface area contributed by atoms with Gasteiger partial charge >= 0.3 is 0 Å². The molecule has 88 valence electrons. The first-order chi connectivity index (χ1) is 8.08. The van der Waals surface area contributed by atoms with Gasteiger partial charge in [-0.15, -0.1) is 23.2 Å². The number of benzene rings is 1. The lowest BCUT2D eigenvalue weighted by molar-refractivity contribution is -0.117. The number of anilines is 1. The molecule has 1 heterocycles. The average Bonchev–Trinajstić information content (AvgIpc) is 2.75. The number of fused-ring (bicyclic) bond motifs is 1. The van der Waals surface area contributed by atoms with Gasteiger partial charge in [-0.05, 0) is 12.5 Å². The number of H-pyrrole nitrogens is 1. The number of hydrogen-bond acceptors (Lipinski definition) is 2. The summed E-state index contributed by atoms with van der Waals surface area (Å²) in [6, 6.07) is 5.58. The van der Waals surface area contributed by atoms with Gasteiger partial charge in [0.25, 0.3) is 0 Å². The SMILES string of the molecule is O=C(Nc1cccc2cn[nH]c12)C1CC1(Cl)Cl. The zero-order valence-corrected chi connectivity index (χ0v) is 10.2. The second-order valence-corrected chi connectivity index (χ2v) is 5.69. The van der Waals surface area contributed by atoms with E-state index in [9.17, 15) is 4.79 Å². The van der Waals surface area contributed by atoms with Crippen LogP contribution in [0.15, 0.2) is 24.4 Å². The molecule has 6 heteroatoms. The molecule has 17 heavy (non-hydrogen) atoms. The fraction of sp³-hybridized carbons (Fsp3) is 0.273. The predicted octanol–water partition coefficient (Wildman–Crippen LogP) is 2.70. The molecule has 1 aromatic heterocycles. The maximum atomic E-state index is 11.8. The first kappa shape index (κ1) is 10.9. The van der Waals surface area contributed by atoms with Crippen LogP contribution < -0.4 is 5.32 Å². The molecule has 0 radical (unpaired) electrons. The maximum Gasteiger partial charge on any atom is 0.230 e. The molecule has 0 spiro atoms. The molecule has 4 nitrogen and oxygen atoms in total. The molecule has 1 atom stereocenters. The summed E-state index contributed by atoms with van der Waals surface area (Å²) >= 11 is 11.7. The van der Waals surface area contributed by atoms with Crippen molar-refractivity contribution in [2.24, 2.45) is 5.92 Å². The fourth-order valence-corrected chi connectivity index (χ4v) is 2.30. The molecule has 1 aromatic carbocycles. The van der Waals surface area contributed by atoms with Gasteiger partial charge in [-0.2, -0.15) is 5.10 Å². The van der Waals surface area contributed by atoms with Crippen LogP contribution in [0.1, 0.15) is 6.42 Å². The number of hydrogen-bond donors (Lipinski definition) is 2. The van der Waals surface area contributed by atoms with Crippen molar-refractivity contribution < 1.29 is 4.79 Å². The molecule has 1 fully saturated rings. The first-order valence-electron chi connectivity index (χ1n) is 5.19. The molecule has 2 aromatic rings. The smallest absolute Gasteiger partial charge is 0.230 e. The number of carbonyl (C=O) groups is 1. The highest BCUT2D eigenvalue weighted by atomic mass is 35.5. The van der Waals surface area contributed by atoms with E-state index >= 15 is 0 Å². The molecule has 0 bridgehead atoms. The van der Waals surface area contributed by atoms with Crippen molar-refractivity contribution in [2.75, 3.05) is 5.32 Å². The quantitative estimate of drug-likeness (QED) is 0.824. The Kier molecular flexibility index (Phi) is 2.31. The molecule has 2 N–H and O–H groups in total. The molecule has 1 saturated carbocycles. The van der Waals surface area contributed by atoms with Crippen molar-refractivity contribution in [3.8, 4) is 0 Å². The van der Waals surface area contributed by atoms with Crippen molar-refractivity contribution in [3.05, 3.63) is 24.4 Å². The van der Waals surface area contributed by atoms with Crippen LogP contribution >= 0.6 is 23.2 Å². The van der Waals surface area contributed by atoms with E-state index in [2.05, 4.69) is 15.5 Å². The Labute approximate surface area is 107 Å². The van der Waals surface area contributed by atoms with Crippen LogP contribution in [0.2, 0.25) is 0 Å². The third-order valence-corrected chi connectivity index (χ3v) is 3.71. The number of amides is 1. The van der Waals surface area contributed by atoms with Gasteiger partial charge < -0.3 is 5.32 Å². The van der Waals surface area contributed by atoms with E-state index in [1.165, 1.54) is 0 Å². The summed E-state index contributed by atoms with van der Waals surface area (Å²) in [7, 11) is 0. The summed E-state index contributed by atoms with van der Waals surface area (Å²) in [5.74, 6) is -0.485. The number of nitrogens with zero attached hydrogens (tertiary/aromatic N) is 1. The Morgan fingerprint density at radius 2 is 2.29 bits per heavy atom. The lowest BCUT2D eigenvalue weighted by atomic mass is 10.2. The first-order valence-corrected chi connectivity index (χ1v) is 5.94. The highest BCUT2D eigenvalue weighted by Crippen LogP contribution is 2.53. The molecule has 0 saturated heterocycles. The van der Waals surface area contributed by atoms with Crippen molar-refractivity contribution >= 4 is 45.7 Å². The van der Waals surface area contributed by atoms with E-state index in [0.717, 1.165) is 10.9 Å². The third kappa shape index (κ3) is 1.87. The van der Waals surface area contributed by atoms with E-state index in [4.69, 9.17) is 23.2 Å². The predicted molar refractivity (Wildman–Crippen MR) is 67.3 cm³/mol. The fourth-order valence-electron chi connectivity index (χ4n) is 1.79. The van der Waals surface area contributed by atoms with Crippen molar-refractivity contribution in [3.63, 3.8) is 0 Å². The van der Waals surface area contributed by atoms with Gasteiger partial charge in [-0.25, -0.2) is 0 Å². The Morgan fingerprint density at radius 3 is 3.00 bits per heavy atom. The van der Waals surface area contributed by atoms with Gasteiger partial charge in [0.1, 0.15) is 4.33 Å². The molecule has 0 aliphatic heterocycles. The maximum absolute atomic E-state index is 11.8. The van der Waals surface area contributed by atoms with Crippen molar-refractivity contribution in [1.29, 1.82) is 0 Å². The van der Waals surface area contributed by atoms with Crippen molar-refractivity contribution in [1.82, 2.24) is 10.2 Å². The van der Waals surface area contributed by atoms with Crippen LogP contribution in [0.5, 0.6) is 0 Å². The minimum atomic E-state index is -0.897. The van der Waals surface area contributed by atoms with Crippen LogP contribution in [0.25, 0.3) is 10.9 Å². The summed E-state index contributed by atoms with van der Waals surface area (Å²) in [5, 5.41) is 10.5. The number of aromatic amines is 1. The van der Waals surface area contributed by atoms with Crippen LogP contribution in [-0.2, 0) is 4.79 Å². The second kappa shape index (κ2) is 3.62. The minimum absolute atomic E-state index is 0.155. The normalized spacial score (nSPS) is 21.4. The monoisotopic (exact) mass is 269 g/mol. The van der Waals surface area contributed by atoms with Crippen LogP contribution in [0, 0.1) is 5.92 Å². The number of rotatable bonds is 2. The third-order valence-electron chi connectivity index (χ3n) is 2.88. The summed E-state index contributed by atoms with van der Waals surface area (Å²) < 4.78 is -0.897. The molecular formula is C11H9Cl2N3O. The van der Waals surface area contributed by atoms with Gasteiger partial charge in [0.15, 0.2) is 0 Å². The zero-order valence-electron chi connectivity index (χ0n) is 8.71. The average molecular weight is 270 g/mol. The van der Waals surface area contributed by atoms with Crippen LogP contribution in [-0.4, -0.2) is 20.4 Å². The van der Waals surface area contributed by atoms with Crippen molar-refractivity contribution in [2.45, 2.75) is 10.8 Å². The lowest BCUT2D eigenvalue weighted by Crippen LogP contribution is -2.17. The van der Waals surface area contributed by atoms with Gasteiger partial charge in [0.2, 0.25) is 5.91 Å². The molecule has 1 amide bonds. The molecule has 1 unspecified atom stereocenters. The Balaban J connectivity index is 1.86. The summed E-state index contributed by atoms with van der Waals surface area (Å²) in [6.45, 7) is 0. The Hall–Kier alpha value is -1.26. The van der Waals surface area contributed by atoms with E-state index in [1.54, 1.807) is 6.20 Å². The second-order valence-electron chi connectivity index (χ2n) is 4.15. The number of carbonyl (C=O) groups excluding carboxylic acids is 1. The number of halogens is 2. The highest BCUT2D eigenvalue weighted by Gasteiger charge is 2.56. The highest BCUT2D eigenvalue weighted by molar-refractivity contribution is 6.52. The number of aromatic nitrogens is 2. The number of alkyl halides is 2. The summed E-state index contributed by atoms with van der Waals surface area (Å²) in [6.07, 6.45) is 2.20. The minimum Gasteiger partial charge on any atom is -0.324 e. The lowest BCUT2D eigenvalue weighted by Gasteiger charge is -2.05. The van der Waals surface area contributed by atoms with Crippen LogP contribution in [0.4, 0.5) is 5.69 Å². The summed E-state index contributed by atoms with van der Waals surface area (Å²) in [5.41, 5.74) is 1.50. The Bertz CT molecular complexity index is 593. The van der Waals surface area contributed by atoms with Crippen LogP contribution in [0.3, 0.4) is 0 Å². The number of para-hydroxylation sites is 1. The van der Waals surface area contributed by atoms with E-state index in [0.29, 0.717) is 12.1 Å². The van der Waals surface area contributed by atoms with Gasteiger partial charge in [-0.3, -0.25) is 9.89 Å². The zero-order chi connectivity index (χ0) is 12.0. The Morgan fingerprint density at radius 1 is 1.53 bits per heavy atom. The van der Waals surface area contributed by atoms with Gasteiger partial charge in [0.05, 0.1) is 23.3 Å².